The first-order valence-corrected chi connectivity index (χ1v) is 12.0. The first-order chi connectivity index (χ1) is 16.2. The quantitative estimate of drug-likeness (QED) is 0.312. The van der Waals surface area contributed by atoms with Crippen LogP contribution in [0, 0.1) is 34.8 Å². The Kier molecular flexibility index (Phi) is 5.90. The van der Waals surface area contributed by atoms with Crippen LogP contribution in [0.1, 0.15) is 50.3 Å². The van der Waals surface area contributed by atoms with Gasteiger partial charge in [-0.3, -0.25) is 4.79 Å². The summed E-state index contributed by atoms with van der Waals surface area (Å²) in [5.74, 6) is 1.09. The van der Waals surface area contributed by atoms with Gasteiger partial charge in [-0.15, -0.1) is 0 Å². The number of ether oxygens (including phenoxy) is 1. The highest BCUT2D eigenvalue weighted by Crippen LogP contribution is 2.53. The van der Waals surface area contributed by atoms with E-state index in [9.17, 15) is 23.2 Å². The molecule has 0 amide bonds. The van der Waals surface area contributed by atoms with E-state index in [-0.39, 0.29) is 29.8 Å². The molecule has 0 radical (unpaired) electrons. The monoisotopic (exact) mass is 471 g/mol. The molecule has 6 atom stereocenters. The molecule has 3 aliphatic rings. The summed E-state index contributed by atoms with van der Waals surface area (Å²) in [6, 6.07) is 8.27. The van der Waals surface area contributed by atoms with Gasteiger partial charge in [-0.05, 0) is 61.3 Å². The summed E-state index contributed by atoms with van der Waals surface area (Å²) in [4.78, 5) is 12.5. The lowest BCUT2D eigenvalue weighted by Gasteiger charge is -2.45. The van der Waals surface area contributed by atoms with Crippen molar-refractivity contribution in [2.45, 2.75) is 51.3 Å². The standard InChI is InChI=1S/C27H28F3NO3/c1-16-25-23(22-8-3-2-5-18(22)14-24(25)26(32)34-16)12-11-21-10-9-19(15-31(21)33)17-6-4-7-20(13-17)27(28,29)30/h4,6-7,9-13,15-16,18,22-25H,2-3,5,8,14H2,1H3/b12-11+. The average molecular weight is 472 g/mol. The second kappa shape index (κ2) is 8.75. The second-order valence-electron chi connectivity index (χ2n) is 9.95. The number of esters is 1. The Morgan fingerprint density at radius 2 is 1.91 bits per heavy atom. The number of halogens is 3. The minimum absolute atomic E-state index is 0.0772. The number of benzene rings is 1. The lowest BCUT2D eigenvalue weighted by atomic mass is 9.57. The van der Waals surface area contributed by atoms with E-state index in [1.807, 2.05) is 6.92 Å². The minimum Gasteiger partial charge on any atom is -0.618 e. The van der Waals surface area contributed by atoms with Gasteiger partial charge in [-0.25, -0.2) is 0 Å². The van der Waals surface area contributed by atoms with Gasteiger partial charge in [0, 0.05) is 23.6 Å². The lowest BCUT2D eigenvalue weighted by Crippen LogP contribution is -2.42. The van der Waals surface area contributed by atoms with Gasteiger partial charge >= 0.3 is 12.1 Å². The molecule has 0 spiro atoms. The zero-order valence-electron chi connectivity index (χ0n) is 19.0. The Balaban J connectivity index is 1.42. The number of cyclic esters (lactones) is 1. The van der Waals surface area contributed by atoms with Gasteiger partial charge in [-0.1, -0.05) is 37.5 Å². The van der Waals surface area contributed by atoms with Crippen LogP contribution >= 0.6 is 0 Å². The Labute approximate surface area is 197 Å². The average Bonchev–Trinajstić information content (AvgIpc) is 3.10. The number of rotatable bonds is 3. The van der Waals surface area contributed by atoms with Crippen LogP contribution in [0.2, 0.25) is 0 Å². The summed E-state index contributed by atoms with van der Waals surface area (Å²) >= 11 is 0. The maximum atomic E-state index is 13.1. The fraction of sp³-hybridized carbons (Fsp3) is 0.481. The van der Waals surface area contributed by atoms with E-state index >= 15 is 0 Å². The predicted octanol–water partition coefficient (Wildman–Crippen LogP) is 6.02. The normalized spacial score (nSPS) is 31.2. The molecule has 1 aromatic heterocycles. The van der Waals surface area contributed by atoms with Gasteiger partial charge in [-0.2, -0.15) is 17.9 Å². The highest BCUT2D eigenvalue weighted by atomic mass is 19.4. The van der Waals surface area contributed by atoms with Crippen molar-refractivity contribution in [2.24, 2.45) is 29.6 Å². The minimum atomic E-state index is -4.44. The Hall–Kier alpha value is -2.83. The molecular weight excluding hydrogens is 443 g/mol. The summed E-state index contributed by atoms with van der Waals surface area (Å²) in [7, 11) is 0. The third-order valence-electron chi connectivity index (χ3n) is 8.03. The number of hydrogen-bond acceptors (Lipinski definition) is 3. The summed E-state index contributed by atoms with van der Waals surface area (Å²) < 4.78 is 45.5. The molecule has 180 valence electrons. The van der Waals surface area contributed by atoms with Crippen LogP contribution in [-0.4, -0.2) is 12.1 Å². The number of nitrogens with zero attached hydrogens (tertiary/aromatic N) is 1. The number of carbonyl (C=O) groups is 1. The molecule has 6 unspecified atom stereocenters. The molecule has 2 aromatic rings. The SMILES string of the molecule is CC1OC(=O)C2CC3CCCCC3C(/C=C/c3ccc(-c4cccc(C(F)(F)F)c4)c[n+]3[O-])C12. The highest BCUT2D eigenvalue weighted by molar-refractivity contribution is 5.75. The maximum Gasteiger partial charge on any atom is 0.416 e. The van der Waals surface area contributed by atoms with E-state index < -0.39 is 11.7 Å². The summed E-state index contributed by atoms with van der Waals surface area (Å²) in [6.07, 6.45) is 6.13. The van der Waals surface area contributed by atoms with E-state index in [0.717, 1.165) is 31.4 Å². The van der Waals surface area contributed by atoms with Crippen molar-refractivity contribution in [1.29, 1.82) is 0 Å². The molecule has 0 N–H and O–H groups in total. The zero-order valence-corrected chi connectivity index (χ0v) is 19.0. The van der Waals surface area contributed by atoms with Crippen LogP contribution in [0.15, 0.2) is 48.7 Å². The van der Waals surface area contributed by atoms with E-state index in [1.54, 1.807) is 24.3 Å². The third kappa shape index (κ3) is 4.21. The molecule has 1 saturated heterocycles. The van der Waals surface area contributed by atoms with Crippen LogP contribution in [0.5, 0.6) is 0 Å². The largest absolute Gasteiger partial charge is 0.618 e. The van der Waals surface area contributed by atoms with E-state index in [1.165, 1.54) is 25.1 Å². The number of fused-ring (bicyclic) bond motifs is 2. The molecule has 1 aromatic carbocycles. The Morgan fingerprint density at radius 1 is 1.12 bits per heavy atom. The number of carbonyl (C=O) groups excluding carboxylic acids is 1. The van der Waals surface area contributed by atoms with Crippen LogP contribution in [0.3, 0.4) is 0 Å². The molecule has 34 heavy (non-hydrogen) atoms. The van der Waals surface area contributed by atoms with Gasteiger partial charge in [0.25, 0.3) is 0 Å². The van der Waals surface area contributed by atoms with Crippen molar-refractivity contribution in [2.75, 3.05) is 0 Å². The number of hydrogen-bond donors (Lipinski definition) is 0. The van der Waals surface area contributed by atoms with Gasteiger partial charge in [0.15, 0.2) is 6.20 Å². The number of pyridine rings is 1. The van der Waals surface area contributed by atoms with Crippen molar-refractivity contribution in [1.82, 2.24) is 0 Å². The van der Waals surface area contributed by atoms with Crippen molar-refractivity contribution in [3.63, 3.8) is 0 Å². The Morgan fingerprint density at radius 3 is 2.68 bits per heavy atom. The van der Waals surface area contributed by atoms with Gasteiger partial charge in [0.1, 0.15) is 6.10 Å². The first kappa shape index (κ1) is 22.9. The molecule has 2 saturated carbocycles. The second-order valence-corrected chi connectivity index (χ2v) is 9.95. The van der Waals surface area contributed by atoms with E-state index in [2.05, 4.69) is 6.08 Å². The molecule has 7 heteroatoms. The third-order valence-corrected chi connectivity index (χ3v) is 8.03. The van der Waals surface area contributed by atoms with Crippen LogP contribution in [-0.2, 0) is 15.7 Å². The summed E-state index contributed by atoms with van der Waals surface area (Å²) in [5, 5.41) is 12.8. The predicted molar refractivity (Wildman–Crippen MR) is 121 cm³/mol. The van der Waals surface area contributed by atoms with Crippen molar-refractivity contribution in [3.05, 3.63) is 65.1 Å². The molecular formula is C27H28F3NO3. The van der Waals surface area contributed by atoms with Crippen LogP contribution < -0.4 is 4.73 Å². The fourth-order valence-electron chi connectivity index (χ4n) is 6.46. The molecule has 1 aliphatic heterocycles. The van der Waals surface area contributed by atoms with Gasteiger partial charge < -0.3 is 9.94 Å². The molecule has 3 fully saturated rings. The van der Waals surface area contributed by atoms with Crippen molar-refractivity contribution < 1.29 is 27.4 Å². The smallest absolute Gasteiger partial charge is 0.416 e. The van der Waals surface area contributed by atoms with Gasteiger partial charge in [0.05, 0.1) is 11.5 Å². The molecule has 2 heterocycles. The first-order valence-electron chi connectivity index (χ1n) is 12.0. The summed E-state index contributed by atoms with van der Waals surface area (Å²) in [5.41, 5.74) is 0.433. The molecule has 4 nitrogen and oxygen atoms in total. The zero-order chi connectivity index (χ0) is 24.0. The number of alkyl halides is 3. The Bertz CT molecular complexity index is 1110. The van der Waals surface area contributed by atoms with Crippen molar-refractivity contribution in [3.8, 4) is 11.1 Å². The fourth-order valence-corrected chi connectivity index (χ4v) is 6.46. The van der Waals surface area contributed by atoms with Crippen LogP contribution in [0.4, 0.5) is 13.2 Å². The maximum absolute atomic E-state index is 13.1. The van der Waals surface area contributed by atoms with E-state index in [4.69, 9.17) is 4.74 Å². The number of allylic oxidation sites excluding steroid dienone is 1. The van der Waals surface area contributed by atoms with Crippen molar-refractivity contribution >= 4 is 12.0 Å². The topological polar surface area (TPSA) is 53.2 Å². The lowest BCUT2D eigenvalue weighted by molar-refractivity contribution is -0.606. The van der Waals surface area contributed by atoms with E-state index in [0.29, 0.717) is 33.4 Å². The number of aromatic nitrogens is 1. The molecule has 5 rings (SSSR count). The summed E-state index contributed by atoms with van der Waals surface area (Å²) in [6.45, 7) is 1.96. The molecule has 2 aliphatic carbocycles. The van der Waals surface area contributed by atoms with Crippen LogP contribution in [0.25, 0.3) is 17.2 Å². The highest BCUT2D eigenvalue weighted by Gasteiger charge is 2.53. The molecule has 0 bridgehead atoms. The van der Waals surface area contributed by atoms with Gasteiger partial charge in [0.2, 0.25) is 5.69 Å².